The highest BCUT2D eigenvalue weighted by molar-refractivity contribution is 5.76. The van der Waals surface area contributed by atoms with E-state index in [2.05, 4.69) is 11.9 Å². The zero-order valence-corrected chi connectivity index (χ0v) is 22.5. The molecule has 0 spiro atoms. The van der Waals surface area contributed by atoms with Crippen LogP contribution < -0.4 is 4.74 Å². The van der Waals surface area contributed by atoms with Crippen LogP contribution >= 0.6 is 0 Å². The molecule has 1 aromatic heterocycles. The van der Waals surface area contributed by atoms with Crippen molar-refractivity contribution in [2.45, 2.75) is 84.7 Å². The smallest absolute Gasteiger partial charge is 0.465 e. The second-order valence-corrected chi connectivity index (χ2v) is 10.8. The van der Waals surface area contributed by atoms with Crippen LogP contribution in [0.25, 0.3) is 0 Å². The molecule has 0 radical (unpaired) electrons. The van der Waals surface area contributed by atoms with Crippen LogP contribution in [0.4, 0.5) is 4.79 Å². The Bertz CT molecular complexity index is 950. The van der Waals surface area contributed by atoms with Gasteiger partial charge < -0.3 is 19.3 Å². The number of ether oxygens (including phenoxy) is 3. The topological polar surface area (TPSA) is 95.0 Å². The Hall–Kier alpha value is -2.93. The van der Waals surface area contributed by atoms with Crippen LogP contribution in [0, 0.1) is 5.41 Å². The number of hydrogen-bond acceptors (Lipinski definition) is 7. The Kier molecular flexibility index (Phi) is 10.9. The maximum Gasteiger partial charge on any atom is 0.514 e. The molecule has 7 nitrogen and oxygen atoms in total. The molecule has 1 N–H and O–H groups in total. The predicted molar refractivity (Wildman–Crippen MR) is 139 cm³/mol. The Morgan fingerprint density at radius 3 is 2.11 bits per heavy atom. The minimum Gasteiger partial charge on any atom is -0.465 e. The highest BCUT2D eigenvalue weighted by Crippen LogP contribution is 2.40. The second kappa shape index (κ2) is 13.4. The Balaban J connectivity index is 2.17. The number of rotatable bonds is 12. The van der Waals surface area contributed by atoms with Gasteiger partial charge in [0.2, 0.25) is 0 Å². The van der Waals surface area contributed by atoms with Crippen LogP contribution in [0.3, 0.4) is 0 Å². The quantitative estimate of drug-likeness (QED) is 0.205. The third-order valence-corrected chi connectivity index (χ3v) is 6.03. The van der Waals surface area contributed by atoms with Gasteiger partial charge in [0.05, 0.1) is 12.0 Å². The first-order valence-corrected chi connectivity index (χ1v) is 12.6. The van der Waals surface area contributed by atoms with E-state index in [0.29, 0.717) is 18.6 Å². The molecule has 0 aliphatic rings. The van der Waals surface area contributed by atoms with E-state index >= 15 is 0 Å². The highest BCUT2D eigenvalue weighted by atomic mass is 16.7. The van der Waals surface area contributed by atoms with Gasteiger partial charge in [-0.05, 0) is 101 Å². The van der Waals surface area contributed by atoms with Gasteiger partial charge >= 0.3 is 12.1 Å². The maximum absolute atomic E-state index is 12.8. The first kappa shape index (κ1) is 29.3. The van der Waals surface area contributed by atoms with Crippen molar-refractivity contribution >= 4 is 12.1 Å². The largest absolute Gasteiger partial charge is 0.514 e. The minimum atomic E-state index is -0.729. The van der Waals surface area contributed by atoms with Gasteiger partial charge in [-0.15, -0.1) is 0 Å². The molecule has 2 atom stereocenters. The summed E-state index contributed by atoms with van der Waals surface area (Å²) in [6, 6.07) is 11.5. The number of aliphatic hydroxyl groups is 1. The summed E-state index contributed by atoms with van der Waals surface area (Å²) in [4.78, 5) is 28.9. The number of nitrogens with zero attached hydrogens (tertiary/aromatic N) is 1. The molecule has 2 unspecified atom stereocenters. The lowest BCUT2D eigenvalue weighted by molar-refractivity contribution is -0.154. The number of esters is 1. The van der Waals surface area contributed by atoms with Crippen molar-refractivity contribution in [2.24, 2.45) is 5.41 Å². The molecule has 0 amide bonds. The first-order valence-electron chi connectivity index (χ1n) is 12.6. The van der Waals surface area contributed by atoms with E-state index in [1.54, 1.807) is 45.3 Å². The Morgan fingerprint density at radius 1 is 0.944 bits per heavy atom. The lowest BCUT2D eigenvalue weighted by Gasteiger charge is -2.30. The van der Waals surface area contributed by atoms with Crippen LogP contribution in [0.2, 0.25) is 0 Å². The molecule has 0 aliphatic carbocycles. The average molecular weight is 500 g/mol. The minimum absolute atomic E-state index is 0.00681. The van der Waals surface area contributed by atoms with Gasteiger partial charge in [-0.2, -0.15) is 0 Å². The van der Waals surface area contributed by atoms with Gasteiger partial charge in [-0.3, -0.25) is 9.78 Å². The van der Waals surface area contributed by atoms with Gasteiger partial charge in [-0.1, -0.05) is 19.1 Å². The van der Waals surface area contributed by atoms with Crippen molar-refractivity contribution in [3.05, 3.63) is 59.9 Å². The van der Waals surface area contributed by atoms with Crippen molar-refractivity contribution in [3.63, 3.8) is 0 Å². The average Bonchev–Trinajstić information content (AvgIpc) is 2.81. The molecule has 0 fully saturated rings. The van der Waals surface area contributed by atoms with Crippen LogP contribution in [0.5, 0.6) is 5.75 Å². The van der Waals surface area contributed by atoms with Gasteiger partial charge in [-0.25, -0.2) is 4.79 Å². The van der Waals surface area contributed by atoms with Gasteiger partial charge in [0.15, 0.2) is 0 Å². The normalized spacial score (nSPS) is 13.5. The third kappa shape index (κ3) is 9.61. The summed E-state index contributed by atoms with van der Waals surface area (Å²) < 4.78 is 15.9. The standard InChI is InChI=1S/C29H41NO6/c1-7-21(22-9-11-25(12-10-22)35-27(33)36-28(2,3)4)19-24(23-13-15-30-16-14-23)20-29(5,6)26(32)34-18-8-17-31/h9-16,21,24,31H,7-8,17-20H2,1-6H3. The van der Waals surface area contributed by atoms with E-state index in [1.807, 2.05) is 38.1 Å². The van der Waals surface area contributed by atoms with E-state index in [1.165, 1.54) is 0 Å². The molecule has 2 aromatic rings. The van der Waals surface area contributed by atoms with Crippen molar-refractivity contribution in [2.75, 3.05) is 13.2 Å². The van der Waals surface area contributed by atoms with E-state index in [0.717, 1.165) is 24.0 Å². The summed E-state index contributed by atoms with van der Waals surface area (Å²) >= 11 is 0. The van der Waals surface area contributed by atoms with Crippen molar-refractivity contribution in [3.8, 4) is 5.75 Å². The monoisotopic (exact) mass is 499 g/mol. The molecular formula is C29H41NO6. The maximum atomic E-state index is 12.8. The van der Waals surface area contributed by atoms with Crippen molar-refractivity contribution < 1.29 is 28.9 Å². The lowest BCUT2D eigenvalue weighted by atomic mass is 9.75. The molecule has 0 saturated heterocycles. The van der Waals surface area contributed by atoms with Crippen molar-refractivity contribution in [1.29, 1.82) is 0 Å². The van der Waals surface area contributed by atoms with E-state index < -0.39 is 17.2 Å². The molecule has 7 heteroatoms. The number of aliphatic hydroxyl groups excluding tert-OH is 1. The molecule has 0 bridgehead atoms. The third-order valence-electron chi connectivity index (χ3n) is 6.03. The van der Waals surface area contributed by atoms with E-state index in [4.69, 9.17) is 19.3 Å². The highest BCUT2D eigenvalue weighted by Gasteiger charge is 2.34. The Labute approximate surface area is 215 Å². The van der Waals surface area contributed by atoms with Crippen molar-refractivity contribution in [1.82, 2.24) is 4.98 Å². The van der Waals surface area contributed by atoms with Crippen LogP contribution in [0.15, 0.2) is 48.8 Å². The molecule has 0 saturated carbocycles. The fourth-order valence-corrected chi connectivity index (χ4v) is 4.15. The van der Waals surface area contributed by atoms with E-state index in [9.17, 15) is 9.59 Å². The molecule has 2 rings (SSSR count). The van der Waals surface area contributed by atoms with Crippen LogP contribution in [-0.2, 0) is 14.3 Å². The van der Waals surface area contributed by atoms with Gasteiger partial charge in [0.25, 0.3) is 0 Å². The van der Waals surface area contributed by atoms with E-state index in [-0.39, 0.29) is 31.0 Å². The number of aromatic nitrogens is 1. The SMILES string of the molecule is CCC(CC(CC(C)(C)C(=O)OCCCO)c1ccncc1)c1ccc(OC(=O)OC(C)(C)C)cc1. The summed E-state index contributed by atoms with van der Waals surface area (Å²) in [5.74, 6) is 0.517. The van der Waals surface area contributed by atoms with Crippen LogP contribution in [-0.4, -0.2) is 41.0 Å². The summed E-state index contributed by atoms with van der Waals surface area (Å²) in [6.07, 6.45) is 5.62. The summed E-state index contributed by atoms with van der Waals surface area (Å²) in [5, 5.41) is 8.99. The number of hydrogen-bond donors (Lipinski definition) is 1. The summed E-state index contributed by atoms with van der Waals surface area (Å²) in [6.45, 7) is 11.5. The molecule has 198 valence electrons. The summed E-state index contributed by atoms with van der Waals surface area (Å²) in [7, 11) is 0. The molecule has 36 heavy (non-hydrogen) atoms. The molecule has 1 heterocycles. The fourth-order valence-electron chi connectivity index (χ4n) is 4.15. The lowest BCUT2D eigenvalue weighted by Crippen LogP contribution is -2.29. The number of pyridine rings is 1. The fraction of sp³-hybridized carbons (Fsp3) is 0.552. The molecule has 0 aliphatic heterocycles. The zero-order chi connectivity index (χ0) is 26.8. The predicted octanol–water partition coefficient (Wildman–Crippen LogP) is 6.40. The molecule has 1 aromatic carbocycles. The Morgan fingerprint density at radius 2 is 1.56 bits per heavy atom. The second-order valence-electron chi connectivity index (χ2n) is 10.8. The number of carbonyl (C=O) groups is 2. The molecular weight excluding hydrogens is 458 g/mol. The van der Waals surface area contributed by atoms with Gasteiger partial charge in [0, 0.05) is 25.4 Å². The van der Waals surface area contributed by atoms with Gasteiger partial charge in [0.1, 0.15) is 11.4 Å². The zero-order valence-electron chi connectivity index (χ0n) is 22.5. The number of benzene rings is 1. The first-order chi connectivity index (χ1) is 16.9. The van der Waals surface area contributed by atoms with Crippen LogP contribution in [0.1, 0.15) is 90.2 Å². The number of carbonyl (C=O) groups excluding carboxylic acids is 2. The summed E-state index contributed by atoms with van der Waals surface area (Å²) in [5.41, 5.74) is 0.957.